The molecule has 0 bridgehead atoms. The number of imide groups is 1. The van der Waals surface area contributed by atoms with Crippen molar-refractivity contribution in [3.8, 4) is 12.1 Å². The Morgan fingerprint density at radius 2 is 1.54 bits per heavy atom. The highest BCUT2D eigenvalue weighted by Crippen LogP contribution is 2.22. The molecule has 1 saturated heterocycles. The molecule has 3 amide bonds. The minimum absolute atomic E-state index is 0.112. The number of nitrogens with zero attached hydrogens (tertiary/aromatic N) is 4. The highest BCUT2D eigenvalue weighted by Gasteiger charge is 2.30. The number of benzene rings is 1. The summed E-state index contributed by atoms with van der Waals surface area (Å²) >= 11 is 0. The van der Waals surface area contributed by atoms with Gasteiger partial charge in [-0.05, 0) is 24.3 Å². The van der Waals surface area contributed by atoms with Crippen LogP contribution in [0.2, 0.25) is 0 Å². The summed E-state index contributed by atoms with van der Waals surface area (Å²) in [6.45, 7) is -0.206. The first-order valence-corrected chi connectivity index (χ1v) is 8.62. The van der Waals surface area contributed by atoms with Crippen LogP contribution in [0.15, 0.2) is 24.3 Å². The van der Waals surface area contributed by atoms with Crippen LogP contribution in [0, 0.1) is 22.7 Å². The van der Waals surface area contributed by atoms with Crippen LogP contribution in [0.4, 0.5) is 5.69 Å². The number of anilines is 1. The molecule has 1 heterocycles. The van der Waals surface area contributed by atoms with Gasteiger partial charge < -0.3 is 9.64 Å². The lowest BCUT2D eigenvalue weighted by Crippen LogP contribution is -2.36. The standard InChI is InChI=1S/C19H18N4O5/c20-9-1-11-22(12-2-10-21)18(26)13-28-19(27)14-3-5-15(6-4-14)23-16(24)7-8-17(23)25/h3-6H,1-2,7-8,11-13H2. The first kappa shape index (κ1) is 20.6. The van der Waals surface area contributed by atoms with E-state index in [0.717, 1.165) is 4.90 Å². The van der Waals surface area contributed by atoms with Crippen molar-refractivity contribution < 1.29 is 23.9 Å². The van der Waals surface area contributed by atoms with E-state index in [4.69, 9.17) is 15.3 Å². The van der Waals surface area contributed by atoms with Crippen LogP contribution >= 0.6 is 0 Å². The molecule has 0 radical (unpaired) electrons. The molecule has 1 aliphatic rings. The second kappa shape index (κ2) is 9.83. The summed E-state index contributed by atoms with van der Waals surface area (Å²) in [6, 6.07) is 9.58. The number of hydrogen-bond donors (Lipinski definition) is 0. The van der Waals surface area contributed by atoms with Gasteiger partial charge in [0.2, 0.25) is 11.8 Å². The highest BCUT2D eigenvalue weighted by molar-refractivity contribution is 6.19. The van der Waals surface area contributed by atoms with Gasteiger partial charge in [0, 0.05) is 25.9 Å². The zero-order chi connectivity index (χ0) is 20.5. The van der Waals surface area contributed by atoms with E-state index in [2.05, 4.69) is 0 Å². The van der Waals surface area contributed by atoms with Gasteiger partial charge in [0.15, 0.2) is 6.61 Å². The fraction of sp³-hybridized carbons (Fsp3) is 0.368. The van der Waals surface area contributed by atoms with E-state index in [1.165, 1.54) is 29.2 Å². The van der Waals surface area contributed by atoms with Crippen LogP contribution in [-0.2, 0) is 19.1 Å². The predicted octanol–water partition coefficient (Wildman–Crippen LogP) is 1.15. The van der Waals surface area contributed by atoms with Gasteiger partial charge in [-0.1, -0.05) is 0 Å². The van der Waals surface area contributed by atoms with E-state index in [1.807, 2.05) is 12.1 Å². The van der Waals surface area contributed by atoms with E-state index >= 15 is 0 Å². The van der Waals surface area contributed by atoms with Crippen molar-refractivity contribution in [2.24, 2.45) is 0 Å². The van der Waals surface area contributed by atoms with Crippen molar-refractivity contribution >= 4 is 29.4 Å². The quantitative estimate of drug-likeness (QED) is 0.487. The molecule has 0 aliphatic carbocycles. The molecule has 0 aromatic heterocycles. The van der Waals surface area contributed by atoms with E-state index < -0.39 is 18.5 Å². The van der Waals surface area contributed by atoms with Crippen molar-refractivity contribution in [1.82, 2.24) is 4.90 Å². The van der Waals surface area contributed by atoms with E-state index in [0.29, 0.717) is 5.69 Å². The second-order valence-corrected chi connectivity index (χ2v) is 5.94. The van der Waals surface area contributed by atoms with E-state index in [1.54, 1.807) is 0 Å². The lowest BCUT2D eigenvalue weighted by Gasteiger charge is -2.20. The van der Waals surface area contributed by atoms with Crippen LogP contribution in [0.1, 0.15) is 36.0 Å². The molecule has 1 aromatic carbocycles. The molecule has 0 saturated carbocycles. The summed E-state index contributed by atoms with van der Waals surface area (Å²) in [5.41, 5.74) is 0.538. The number of esters is 1. The Hall–Kier alpha value is -3.72. The maximum Gasteiger partial charge on any atom is 0.338 e. The highest BCUT2D eigenvalue weighted by atomic mass is 16.5. The molecule has 0 atom stereocenters. The molecule has 1 aliphatic heterocycles. The summed E-state index contributed by atoms with van der Waals surface area (Å²) in [5, 5.41) is 17.3. The first-order valence-electron chi connectivity index (χ1n) is 8.62. The molecule has 0 spiro atoms. The smallest absolute Gasteiger partial charge is 0.338 e. The summed E-state index contributed by atoms with van der Waals surface area (Å²) in [6.07, 6.45) is 0.554. The SMILES string of the molecule is N#CCCN(CCC#N)C(=O)COC(=O)c1ccc(N2C(=O)CCC2=O)cc1. The van der Waals surface area contributed by atoms with Crippen LogP contribution in [0.25, 0.3) is 0 Å². The number of rotatable bonds is 8. The molecule has 144 valence electrons. The average molecular weight is 382 g/mol. The van der Waals surface area contributed by atoms with Gasteiger partial charge in [-0.2, -0.15) is 10.5 Å². The normalized spacial score (nSPS) is 13.0. The summed E-state index contributed by atoms with van der Waals surface area (Å²) in [4.78, 5) is 50.1. The lowest BCUT2D eigenvalue weighted by molar-refractivity contribution is -0.134. The third-order valence-corrected chi connectivity index (χ3v) is 4.08. The Labute approximate surface area is 161 Å². The number of hydrogen-bond acceptors (Lipinski definition) is 7. The summed E-state index contributed by atoms with van der Waals surface area (Å²) < 4.78 is 4.99. The van der Waals surface area contributed by atoms with Crippen LogP contribution in [0.5, 0.6) is 0 Å². The first-order chi connectivity index (χ1) is 13.5. The van der Waals surface area contributed by atoms with Gasteiger partial charge in [-0.25, -0.2) is 4.79 Å². The van der Waals surface area contributed by atoms with Gasteiger partial charge in [0.05, 0.1) is 36.2 Å². The van der Waals surface area contributed by atoms with Gasteiger partial charge in [-0.3, -0.25) is 19.3 Å². The molecule has 28 heavy (non-hydrogen) atoms. The molecule has 2 rings (SSSR count). The number of ether oxygens (including phenoxy) is 1. The largest absolute Gasteiger partial charge is 0.452 e. The van der Waals surface area contributed by atoms with Crippen LogP contribution in [-0.4, -0.2) is 48.3 Å². The second-order valence-electron chi connectivity index (χ2n) is 5.94. The van der Waals surface area contributed by atoms with Crippen LogP contribution < -0.4 is 4.90 Å². The fourth-order valence-corrected chi connectivity index (χ4v) is 2.64. The zero-order valence-corrected chi connectivity index (χ0v) is 15.1. The third-order valence-electron chi connectivity index (χ3n) is 4.08. The van der Waals surface area contributed by atoms with Gasteiger partial charge in [0.1, 0.15) is 0 Å². The molecule has 9 heteroatoms. The molecule has 1 fully saturated rings. The maximum atomic E-state index is 12.1. The van der Waals surface area contributed by atoms with Gasteiger partial charge in [0.25, 0.3) is 5.91 Å². The summed E-state index contributed by atoms with van der Waals surface area (Å²) in [7, 11) is 0. The minimum atomic E-state index is -0.737. The summed E-state index contributed by atoms with van der Waals surface area (Å²) in [5.74, 6) is -1.82. The van der Waals surface area contributed by atoms with Crippen molar-refractivity contribution in [3.63, 3.8) is 0 Å². The van der Waals surface area contributed by atoms with Crippen molar-refractivity contribution in [2.45, 2.75) is 25.7 Å². The Morgan fingerprint density at radius 1 is 1.00 bits per heavy atom. The molecule has 1 aromatic rings. The van der Waals surface area contributed by atoms with Gasteiger partial charge >= 0.3 is 5.97 Å². The van der Waals surface area contributed by atoms with Crippen molar-refractivity contribution in [1.29, 1.82) is 10.5 Å². The molecule has 0 N–H and O–H groups in total. The predicted molar refractivity (Wildman–Crippen MR) is 95.5 cm³/mol. The number of amides is 3. The number of carbonyl (C=O) groups is 4. The number of nitriles is 2. The fourth-order valence-electron chi connectivity index (χ4n) is 2.64. The van der Waals surface area contributed by atoms with Crippen molar-refractivity contribution in [3.05, 3.63) is 29.8 Å². The Kier molecular flexibility index (Phi) is 7.23. The lowest BCUT2D eigenvalue weighted by atomic mass is 10.2. The monoisotopic (exact) mass is 382 g/mol. The Balaban J connectivity index is 1.94. The van der Waals surface area contributed by atoms with Gasteiger partial charge in [-0.15, -0.1) is 0 Å². The molecule has 0 unspecified atom stereocenters. The maximum absolute atomic E-state index is 12.1. The topological polar surface area (TPSA) is 132 Å². The van der Waals surface area contributed by atoms with E-state index in [9.17, 15) is 19.2 Å². The molecular weight excluding hydrogens is 364 g/mol. The van der Waals surface area contributed by atoms with Crippen LogP contribution in [0.3, 0.4) is 0 Å². The molecular formula is C19H18N4O5. The number of carbonyl (C=O) groups excluding carboxylic acids is 4. The Morgan fingerprint density at radius 3 is 2.04 bits per heavy atom. The average Bonchev–Trinajstić information content (AvgIpc) is 3.04. The van der Waals surface area contributed by atoms with Crippen molar-refractivity contribution in [2.75, 3.05) is 24.6 Å². The minimum Gasteiger partial charge on any atom is -0.452 e. The van der Waals surface area contributed by atoms with E-state index in [-0.39, 0.29) is 56.2 Å². The zero-order valence-electron chi connectivity index (χ0n) is 15.1. The molecule has 9 nitrogen and oxygen atoms in total. The Bertz CT molecular complexity index is 817. The third kappa shape index (κ3) is 5.15.